The fraction of sp³-hybridized carbons (Fsp3) is 0.0500. The first-order valence-electron chi connectivity index (χ1n) is 22.5. The van der Waals surface area contributed by atoms with Crippen LogP contribution in [0.3, 0.4) is 0 Å². The minimum atomic E-state index is 0.537. The summed E-state index contributed by atoms with van der Waals surface area (Å²) in [5.74, 6) is 1.69. The number of para-hydroxylation sites is 2. The summed E-state index contributed by atoms with van der Waals surface area (Å²) in [5, 5.41) is 6.97. The van der Waals surface area contributed by atoms with Crippen molar-refractivity contribution in [2.75, 3.05) is 0 Å². The molecule has 0 saturated carbocycles. The van der Waals surface area contributed by atoms with Gasteiger partial charge >= 0.3 is 0 Å². The number of thiophene rings is 1. The molecule has 0 N–H and O–H groups in total. The Morgan fingerprint density at radius 1 is 0.394 bits per heavy atom. The van der Waals surface area contributed by atoms with E-state index in [2.05, 4.69) is 182 Å². The summed E-state index contributed by atoms with van der Waals surface area (Å²) >= 11 is 1.85. The Labute approximate surface area is 385 Å². The molecule has 0 spiro atoms. The lowest BCUT2D eigenvalue weighted by Gasteiger charge is -2.13. The van der Waals surface area contributed by atoms with Crippen LogP contribution in [0.15, 0.2) is 211 Å². The van der Waals surface area contributed by atoms with Crippen molar-refractivity contribution in [3.05, 3.63) is 206 Å². The van der Waals surface area contributed by atoms with E-state index in [1.54, 1.807) is 0 Å². The molecule has 314 valence electrons. The quantitative estimate of drug-likeness (QED) is 0.167. The van der Waals surface area contributed by atoms with Gasteiger partial charge in [0.15, 0.2) is 11.6 Å². The molecule has 13 rings (SSSR count). The lowest BCUT2D eigenvalue weighted by molar-refractivity contribution is 0.669. The first-order valence-corrected chi connectivity index (χ1v) is 23.3. The van der Waals surface area contributed by atoms with Crippen LogP contribution in [0, 0.1) is 0 Å². The molecule has 0 unspecified atom stereocenters. The van der Waals surface area contributed by atoms with E-state index in [0.717, 1.165) is 82.7 Å². The molecule has 5 nitrogen and oxygen atoms in total. The predicted molar refractivity (Wildman–Crippen MR) is 277 cm³/mol. The van der Waals surface area contributed by atoms with E-state index >= 15 is 0 Å². The Kier molecular flexibility index (Phi) is 9.80. The van der Waals surface area contributed by atoms with Crippen LogP contribution >= 0.6 is 11.3 Å². The van der Waals surface area contributed by atoms with Crippen molar-refractivity contribution < 1.29 is 4.42 Å². The van der Waals surface area contributed by atoms with Gasteiger partial charge in [0.1, 0.15) is 11.2 Å². The maximum absolute atomic E-state index is 6.36. The highest BCUT2D eigenvalue weighted by Gasteiger charge is 2.22. The Hall–Kier alpha value is -8.19. The molecule has 0 fully saturated rings. The van der Waals surface area contributed by atoms with E-state index in [1.807, 2.05) is 53.8 Å². The minimum absolute atomic E-state index is 0.537. The van der Waals surface area contributed by atoms with E-state index in [4.69, 9.17) is 19.4 Å². The van der Waals surface area contributed by atoms with Crippen LogP contribution in [0.1, 0.15) is 20.3 Å². The van der Waals surface area contributed by atoms with Gasteiger partial charge in [-0.15, -0.1) is 11.3 Å². The second-order valence-electron chi connectivity index (χ2n) is 16.7. The monoisotopic (exact) mass is 866 g/mol. The van der Waals surface area contributed by atoms with Gasteiger partial charge in [-0.25, -0.2) is 4.98 Å². The van der Waals surface area contributed by atoms with Crippen molar-refractivity contribution in [1.29, 1.82) is 0 Å². The van der Waals surface area contributed by atoms with Crippen LogP contribution in [0.4, 0.5) is 0 Å². The zero-order valence-electron chi connectivity index (χ0n) is 36.4. The van der Waals surface area contributed by atoms with E-state index in [0.29, 0.717) is 17.6 Å². The van der Waals surface area contributed by atoms with Gasteiger partial charge < -0.3 is 4.42 Å². The van der Waals surface area contributed by atoms with E-state index < -0.39 is 0 Å². The van der Waals surface area contributed by atoms with E-state index in [1.165, 1.54) is 32.2 Å². The Morgan fingerprint density at radius 2 is 0.970 bits per heavy atom. The Balaban J connectivity index is 0.00000148. The lowest BCUT2D eigenvalue weighted by atomic mass is 9.96. The van der Waals surface area contributed by atoms with Gasteiger partial charge in [0.25, 0.3) is 0 Å². The summed E-state index contributed by atoms with van der Waals surface area (Å²) < 4.78 is 11.2. The molecule has 66 heavy (non-hydrogen) atoms. The van der Waals surface area contributed by atoms with Crippen LogP contribution in [0.2, 0.25) is 0 Å². The summed E-state index contributed by atoms with van der Waals surface area (Å²) in [6.07, 6.45) is 1.25. The third-order valence-corrected chi connectivity index (χ3v) is 13.4. The third kappa shape index (κ3) is 6.82. The number of benzene rings is 9. The summed E-state index contributed by atoms with van der Waals surface area (Å²) in [7, 11) is 0. The average molecular weight is 867 g/mol. The second kappa shape index (κ2) is 16.4. The lowest BCUT2D eigenvalue weighted by Crippen LogP contribution is -2.07. The van der Waals surface area contributed by atoms with Crippen LogP contribution in [-0.4, -0.2) is 19.5 Å². The molecular formula is C60H42N4OS. The van der Waals surface area contributed by atoms with Crippen LogP contribution < -0.4 is 0 Å². The maximum atomic E-state index is 6.36. The molecule has 0 bridgehead atoms. The molecule has 0 amide bonds. The van der Waals surface area contributed by atoms with Crippen molar-refractivity contribution in [2.24, 2.45) is 0 Å². The second-order valence-corrected chi connectivity index (χ2v) is 17.8. The molecule has 13 aromatic rings. The fourth-order valence-corrected chi connectivity index (χ4v) is 10.4. The summed E-state index contributed by atoms with van der Waals surface area (Å²) in [6.45, 7) is 4.25. The van der Waals surface area contributed by atoms with Gasteiger partial charge in [0, 0.05) is 58.4 Å². The molecule has 9 aromatic carbocycles. The van der Waals surface area contributed by atoms with Gasteiger partial charge in [-0.2, -0.15) is 9.97 Å². The SMILES string of the molecule is CCC.c1ccc(-c2ccc3c(c2)c2cccc(-c4cccc(-c5ccc6c(c5)sc5ccccc56)c4)c2n3-c2nc(-c3ccccc3)nc(-c3ccc4c(c3)oc3ccccc34)n2)cc1. The highest BCUT2D eigenvalue weighted by Crippen LogP contribution is 2.42. The zero-order chi connectivity index (χ0) is 44.1. The van der Waals surface area contributed by atoms with Crippen LogP contribution in [0.25, 0.3) is 126 Å². The molecule has 4 aromatic heterocycles. The summed E-state index contributed by atoms with van der Waals surface area (Å²) in [4.78, 5) is 15.8. The van der Waals surface area contributed by atoms with E-state index in [9.17, 15) is 0 Å². The number of nitrogens with zero attached hydrogens (tertiary/aromatic N) is 4. The van der Waals surface area contributed by atoms with Gasteiger partial charge in [-0.05, 0) is 76.3 Å². The van der Waals surface area contributed by atoms with Gasteiger partial charge in [-0.3, -0.25) is 4.57 Å². The smallest absolute Gasteiger partial charge is 0.238 e. The maximum Gasteiger partial charge on any atom is 0.238 e. The molecule has 0 saturated heterocycles. The molecule has 0 aliphatic rings. The topological polar surface area (TPSA) is 56.7 Å². The first-order chi connectivity index (χ1) is 32.6. The fourth-order valence-electron chi connectivity index (χ4n) is 9.27. The van der Waals surface area contributed by atoms with Crippen molar-refractivity contribution in [1.82, 2.24) is 19.5 Å². The van der Waals surface area contributed by atoms with Crippen molar-refractivity contribution in [3.8, 4) is 62.1 Å². The predicted octanol–water partition coefficient (Wildman–Crippen LogP) is 17.0. The molecule has 0 radical (unpaired) electrons. The van der Waals surface area contributed by atoms with Crippen molar-refractivity contribution in [3.63, 3.8) is 0 Å². The van der Waals surface area contributed by atoms with Crippen LogP contribution in [-0.2, 0) is 0 Å². The molecule has 0 aliphatic carbocycles. The van der Waals surface area contributed by atoms with Crippen LogP contribution in [0.5, 0.6) is 0 Å². The summed E-state index contributed by atoms with van der Waals surface area (Å²) in [5.41, 5.74) is 12.3. The first kappa shape index (κ1) is 39.4. The molecule has 4 heterocycles. The third-order valence-electron chi connectivity index (χ3n) is 12.3. The average Bonchev–Trinajstić information content (AvgIpc) is 4.06. The molecule has 6 heteroatoms. The molecular weight excluding hydrogens is 825 g/mol. The number of aromatic nitrogens is 4. The normalized spacial score (nSPS) is 11.5. The zero-order valence-corrected chi connectivity index (χ0v) is 37.3. The van der Waals surface area contributed by atoms with Gasteiger partial charge in [0.2, 0.25) is 5.95 Å². The summed E-state index contributed by atoms with van der Waals surface area (Å²) in [6, 6.07) is 72.9. The van der Waals surface area contributed by atoms with Crippen molar-refractivity contribution in [2.45, 2.75) is 20.3 Å². The molecule has 0 aliphatic heterocycles. The number of rotatable bonds is 6. The number of furan rings is 1. The minimum Gasteiger partial charge on any atom is -0.456 e. The highest BCUT2D eigenvalue weighted by molar-refractivity contribution is 7.25. The standard InChI is InChI=1S/C57H34N4OS.C3H8/c1-3-13-35(14-4-1)38-27-30-49-48(32-38)47-22-12-21-42(40-18-11-17-37(31-40)39-25-29-46-45-20-8-10-24-52(45)63-53(46)34-39)54(47)61(49)57-59-55(36-15-5-2-6-16-36)58-56(60-57)41-26-28-44-43-19-7-9-23-50(43)62-51(44)33-41;1-3-2/h1-34H;3H2,1-2H3. The van der Waals surface area contributed by atoms with Gasteiger partial charge in [0.05, 0.1) is 11.0 Å². The number of hydrogen-bond acceptors (Lipinski definition) is 5. The van der Waals surface area contributed by atoms with Crippen molar-refractivity contribution >= 4 is 75.3 Å². The Morgan fingerprint density at radius 3 is 1.80 bits per heavy atom. The van der Waals surface area contributed by atoms with Gasteiger partial charge in [-0.1, -0.05) is 178 Å². The number of fused-ring (bicyclic) bond motifs is 9. The number of hydrogen-bond donors (Lipinski definition) is 0. The molecule has 0 atom stereocenters. The Bertz CT molecular complexity index is 3940. The largest absolute Gasteiger partial charge is 0.456 e. The highest BCUT2D eigenvalue weighted by atomic mass is 32.1. The van der Waals surface area contributed by atoms with E-state index in [-0.39, 0.29) is 0 Å².